The predicted octanol–water partition coefficient (Wildman–Crippen LogP) is 1.29. The van der Waals surface area contributed by atoms with Gasteiger partial charge in [-0.1, -0.05) is 13.8 Å². The molecule has 0 aromatic rings. The van der Waals surface area contributed by atoms with Crippen LogP contribution in [0.1, 0.15) is 39.5 Å². The largest absolute Gasteiger partial charge is 0.393 e. The molecule has 1 unspecified atom stereocenters. The van der Waals surface area contributed by atoms with Gasteiger partial charge in [-0.05, 0) is 32.2 Å². The summed E-state index contributed by atoms with van der Waals surface area (Å²) in [5.74, 6) is 0. The van der Waals surface area contributed by atoms with Gasteiger partial charge in [0.05, 0.1) is 6.10 Å². The molecule has 0 amide bonds. The van der Waals surface area contributed by atoms with Crippen LogP contribution in [0.2, 0.25) is 0 Å². The number of aliphatic hydroxyl groups excluding tert-OH is 1. The monoisotopic (exact) mass is 157 g/mol. The van der Waals surface area contributed by atoms with E-state index in [1.165, 1.54) is 0 Å². The third-order valence-corrected chi connectivity index (χ3v) is 2.96. The number of piperidine rings is 1. The van der Waals surface area contributed by atoms with Crippen molar-refractivity contribution in [2.45, 2.75) is 51.2 Å². The molecule has 0 bridgehead atoms. The third-order valence-electron chi connectivity index (χ3n) is 2.96. The van der Waals surface area contributed by atoms with Gasteiger partial charge in [-0.15, -0.1) is 0 Å². The first kappa shape index (κ1) is 9.01. The van der Waals surface area contributed by atoms with E-state index in [0.29, 0.717) is 0 Å². The summed E-state index contributed by atoms with van der Waals surface area (Å²) in [4.78, 5) is 0. The van der Waals surface area contributed by atoms with Crippen molar-refractivity contribution >= 4 is 0 Å². The Kier molecular flexibility index (Phi) is 2.90. The lowest BCUT2D eigenvalue weighted by molar-refractivity contribution is 0.0730. The third kappa shape index (κ3) is 1.94. The Morgan fingerprint density at radius 1 is 1.45 bits per heavy atom. The van der Waals surface area contributed by atoms with Crippen molar-refractivity contribution in [3.05, 3.63) is 0 Å². The Morgan fingerprint density at radius 2 is 2.09 bits per heavy atom. The number of hydrogen-bond acceptors (Lipinski definition) is 2. The molecule has 0 saturated carbocycles. The average Bonchev–Trinajstić information content (AvgIpc) is 2.04. The van der Waals surface area contributed by atoms with Crippen LogP contribution in [0.3, 0.4) is 0 Å². The molecule has 1 atom stereocenters. The molecule has 1 saturated heterocycles. The minimum absolute atomic E-state index is 0.0730. The molecule has 0 aliphatic carbocycles. The fourth-order valence-electron chi connectivity index (χ4n) is 1.92. The Morgan fingerprint density at radius 3 is 2.45 bits per heavy atom. The van der Waals surface area contributed by atoms with Crippen molar-refractivity contribution in [1.82, 2.24) is 5.32 Å². The van der Waals surface area contributed by atoms with E-state index in [2.05, 4.69) is 19.2 Å². The number of hydrogen-bond donors (Lipinski definition) is 2. The average molecular weight is 157 g/mol. The topological polar surface area (TPSA) is 32.3 Å². The van der Waals surface area contributed by atoms with Gasteiger partial charge >= 0.3 is 0 Å². The summed E-state index contributed by atoms with van der Waals surface area (Å²) < 4.78 is 0. The van der Waals surface area contributed by atoms with E-state index in [9.17, 15) is 5.11 Å². The molecule has 1 heterocycles. The van der Waals surface area contributed by atoms with Gasteiger partial charge in [0.25, 0.3) is 0 Å². The Bertz CT molecular complexity index is 121. The van der Waals surface area contributed by atoms with Crippen LogP contribution in [0.5, 0.6) is 0 Å². The molecule has 66 valence electrons. The van der Waals surface area contributed by atoms with E-state index in [0.717, 1.165) is 32.2 Å². The summed E-state index contributed by atoms with van der Waals surface area (Å²) in [6.45, 7) is 5.35. The minimum atomic E-state index is -0.0730. The van der Waals surface area contributed by atoms with E-state index in [-0.39, 0.29) is 11.6 Å². The molecular weight excluding hydrogens is 138 g/mol. The van der Waals surface area contributed by atoms with Crippen molar-refractivity contribution in [3.63, 3.8) is 0 Å². The molecule has 1 fully saturated rings. The van der Waals surface area contributed by atoms with Crippen LogP contribution < -0.4 is 5.32 Å². The number of rotatable bonds is 2. The molecule has 0 aromatic carbocycles. The van der Waals surface area contributed by atoms with Crippen molar-refractivity contribution in [3.8, 4) is 0 Å². The summed E-state index contributed by atoms with van der Waals surface area (Å²) >= 11 is 0. The van der Waals surface area contributed by atoms with Crippen LogP contribution in [0.4, 0.5) is 0 Å². The lowest BCUT2D eigenvalue weighted by atomic mass is 9.83. The summed E-state index contributed by atoms with van der Waals surface area (Å²) in [6.07, 6.45) is 4.03. The molecule has 11 heavy (non-hydrogen) atoms. The molecule has 2 nitrogen and oxygen atoms in total. The number of nitrogens with one attached hydrogen (secondary N) is 1. The maximum absolute atomic E-state index is 9.47. The zero-order valence-electron chi connectivity index (χ0n) is 7.56. The number of aliphatic hydroxyl groups is 1. The molecule has 0 radical (unpaired) electrons. The molecule has 0 aromatic heterocycles. The lowest BCUT2D eigenvalue weighted by Gasteiger charge is -2.39. The summed E-state index contributed by atoms with van der Waals surface area (Å²) in [5.41, 5.74) is 0.234. The van der Waals surface area contributed by atoms with E-state index < -0.39 is 0 Å². The summed E-state index contributed by atoms with van der Waals surface area (Å²) in [7, 11) is 0. The zero-order valence-corrected chi connectivity index (χ0v) is 7.56. The van der Waals surface area contributed by atoms with Crippen LogP contribution in [-0.4, -0.2) is 23.3 Å². The second-order valence-electron chi connectivity index (χ2n) is 3.56. The van der Waals surface area contributed by atoms with Crippen molar-refractivity contribution < 1.29 is 5.11 Å². The van der Waals surface area contributed by atoms with E-state index in [1.54, 1.807) is 0 Å². The Balaban J connectivity index is 2.52. The van der Waals surface area contributed by atoms with Gasteiger partial charge in [0.2, 0.25) is 0 Å². The molecule has 1 aliphatic heterocycles. The van der Waals surface area contributed by atoms with Gasteiger partial charge in [0.1, 0.15) is 0 Å². The first-order valence-electron chi connectivity index (χ1n) is 4.65. The highest BCUT2D eigenvalue weighted by molar-refractivity contribution is 4.91. The lowest BCUT2D eigenvalue weighted by Crippen LogP contribution is -2.51. The quantitative estimate of drug-likeness (QED) is 0.633. The molecule has 1 rings (SSSR count). The van der Waals surface area contributed by atoms with Crippen LogP contribution >= 0.6 is 0 Å². The minimum Gasteiger partial charge on any atom is -0.393 e. The van der Waals surface area contributed by atoms with Crippen LogP contribution in [0, 0.1) is 0 Å². The fourth-order valence-corrected chi connectivity index (χ4v) is 1.92. The van der Waals surface area contributed by atoms with E-state index >= 15 is 0 Å². The van der Waals surface area contributed by atoms with Gasteiger partial charge in [-0.2, -0.15) is 0 Å². The first-order chi connectivity index (χ1) is 5.22. The van der Waals surface area contributed by atoms with Crippen LogP contribution in [0.25, 0.3) is 0 Å². The smallest absolute Gasteiger partial charge is 0.0569 e. The van der Waals surface area contributed by atoms with Gasteiger partial charge in [0.15, 0.2) is 0 Å². The summed E-state index contributed by atoms with van der Waals surface area (Å²) in [6, 6.07) is 0. The molecule has 2 N–H and O–H groups in total. The second kappa shape index (κ2) is 3.55. The highest BCUT2D eigenvalue weighted by atomic mass is 16.3. The van der Waals surface area contributed by atoms with Gasteiger partial charge in [-0.3, -0.25) is 0 Å². The maximum Gasteiger partial charge on any atom is 0.0569 e. The maximum atomic E-state index is 9.47. The predicted molar refractivity (Wildman–Crippen MR) is 46.6 cm³/mol. The second-order valence-corrected chi connectivity index (χ2v) is 3.56. The zero-order chi connectivity index (χ0) is 8.32. The van der Waals surface area contributed by atoms with Crippen LogP contribution in [-0.2, 0) is 0 Å². The van der Waals surface area contributed by atoms with Crippen LogP contribution in [0.15, 0.2) is 0 Å². The molecule has 0 spiro atoms. The SMILES string of the molecule is CCC1(CC)CC(O)CCN1. The van der Waals surface area contributed by atoms with Crippen molar-refractivity contribution in [2.24, 2.45) is 0 Å². The highest BCUT2D eigenvalue weighted by Gasteiger charge is 2.31. The fraction of sp³-hybridized carbons (Fsp3) is 1.00. The van der Waals surface area contributed by atoms with Crippen molar-refractivity contribution in [2.75, 3.05) is 6.54 Å². The van der Waals surface area contributed by atoms with E-state index in [1.807, 2.05) is 0 Å². The van der Waals surface area contributed by atoms with E-state index in [4.69, 9.17) is 0 Å². The highest BCUT2D eigenvalue weighted by Crippen LogP contribution is 2.25. The Hall–Kier alpha value is -0.0800. The normalized spacial score (nSPS) is 30.3. The molecule has 1 aliphatic rings. The standard InChI is InChI=1S/C9H19NO/c1-3-9(4-2)7-8(11)5-6-10-9/h8,10-11H,3-7H2,1-2H3. The van der Waals surface area contributed by atoms with Gasteiger partial charge in [0, 0.05) is 5.54 Å². The first-order valence-corrected chi connectivity index (χ1v) is 4.65. The van der Waals surface area contributed by atoms with Crippen molar-refractivity contribution in [1.29, 1.82) is 0 Å². The van der Waals surface area contributed by atoms with Gasteiger partial charge in [-0.25, -0.2) is 0 Å². The summed E-state index contributed by atoms with van der Waals surface area (Å²) in [5, 5.41) is 13.0. The Labute approximate surface area is 69.0 Å². The van der Waals surface area contributed by atoms with Gasteiger partial charge < -0.3 is 10.4 Å². The molecule has 2 heteroatoms. The molecular formula is C9H19NO.